The summed E-state index contributed by atoms with van der Waals surface area (Å²) in [4.78, 5) is 47.8. The average Bonchev–Trinajstić information content (AvgIpc) is 3.59. The van der Waals surface area contributed by atoms with Gasteiger partial charge in [-0.25, -0.2) is 29.7 Å². The standard InChI is InChI=1S/C42H45N11O3/c1-27-10-12-30(13-11-27)49-38(23-36(43)42(3,4)5)52-41(55)50-33-14-15-35(32-9-7-6-8-31(32)33)56-26-29-16-17-45-37(22-29)51-39-25-47-34(24-48-39)40(54)46-19-21-53-20-18-44-28(53)2/h6-18,20,22-25H,19,21,26,43H2,1-5H3,(H,46,54)(H,45,48,51)(H2,49,50,52,55). The van der Waals surface area contributed by atoms with Gasteiger partial charge < -0.3 is 31.0 Å². The Morgan fingerprint density at radius 3 is 2.39 bits per heavy atom. The SMILES string of the molecule is Cc1ccc(N=C(C=C(N)C(C)(C)C)NC(=O)Nc2ccc(OCc3ccnc(Nc4cnc(C(=O)NCCn5ccnc5C)cn4)c3)c3ccccc23)cc1. The van der Waals surface area contributed by atoms with Crippen LogP contribution in [0.3, 0.4) is 0 Å². The van der Waals surface area contributed by atoms with Crippen LogP contribution in [0.5, 0.6) is 5.75 Å². The molecule has 0 radical (unpaired) electrons. The summed E-state index contributed by atoms with van der Waals surface area (Å²) < 4.78 is 8.24. The molecule has 0 aliphatic heterocycles. The lowest BCUT2D eigenvalue weighted by Crippen LogP contribution is -2.34. The Kier molecular flexibility index (Phi) is 12.0. The van der Waals surface area contributed by atoms with Gasteiger partial charge in [0.25, 0.3) is 5.91 Å². The van der Waals surface area contributed by atoms with Crippen molar-refractivity contribution in [1.29, 1.82) is 0 Å². The second-order valence-electron chi connectivity index (χ2n) is 14.1. The summed E-state index contributed by atoms with van der Waals surface area (Å²) in [6.07, 6.45) is 9.84. The highest BCUT2D eigenvalue weighted by Crippen LogP contribution is 2.32. The molecule has 14 heteroatoms. The molecule has 6 aromatic rings. The topological polar surface area (TPSA) is 186 Å². The van der Waals surface area contributed by atoms with Crippen molar-refractivity contribution in [3.8, 4) is 5.75 Å². The molecule has 6 N–H and O–H groups in total. The van der Waals surface area contributed by atoms with Gasteiger partial charge in [0, 0.05) is 59.6 Å². The molecule has 0 aliphatic carbocycles. The van der Waals surface area contributed by atoms with Crippen LogP contribution in [0.15, 0.2) is 121 Å². The van der Waals surface area contributed by atoms with Crippen molar-refractivity contribution in [2.75, 3.05) is 17.2 Å². The Balaban J connectivity index is 1.08. The summed E-state index contributed by atoms with van der Waals surface area (Å²) in [7, 11) is 0. The predicted molar refractivity (Wildman–Crippen MR) is 219 cm³/mol. The highest BCUT2D eigenvalue weighted by Gasteiger charge is 2.17. The number of nitrogens with zero attached hydrogens (tertiary/aromatic N) is 6. The molecular formula is C42H45N11O3. The number of anilines is 3. The fourth-order valence-electron chi connectivity index (χ4n) is 5.45. The van der Waals surface area contributed by atoms with Crippen LogP contribution in [-0.2, 0) is 13.2 Å². The van der Waals surface area contributed by atoms with E-state index in [4.69, 9.17) is 10.5 Å². The van der Waals surface area contributed by atoms with Gasteiger partial charge in [-0.05, 0) is 55.8 Å². The van der Waals surface area contributed by atoms with Crippen molar-refractivity contribution in [3.05, 3.63) is 138 Å². The number of aromatic nitrogens is 5. The highest BCUT2D eigenvalue weighted by molar-refractivity contribution is 6.11. The third kappa shape index (κ3) is 10.3. The zero-order valence-electron chi connectivity index (χ0n) is 32.0. The van der Waals surface area contributed by atoms with Crippen LogP contribution in [0.25, 0.3) is 10.8 Å². The number of amidine groups is 1. The van der Waals surface area contributed by atoms with Crippen molar-refractivity contribution in [2.24, 2.45) is 16.1 Å². The predicted octanol–water partition coefficient (Wildman–Crippen LogP) is 7.33. The van der Waals surface area contributed by atoms with Gasteiger partial charge in [-0.3, -0.25) is 10.1 Å². The number of carbonyl (C=O) groups is 2. The number of aliphatic imine (C=N–C) groups is 1. The summed E-state index contributed by atoms with van der Waals surface area (Å²) >= 11 is 0. The van der Waals surface area contributed by atoms with E-state index < -0.39 is 6.03 Å². The minimum atomic E-state index is -0.469. The van der Waals surface area contributed by atoms with Crippen LogP contribution >= 0.6 is 0 Å². The fourth-order valence-corrected chi connectivity index (χ4v) is 5.45. The van der Waals surface area contributed by atoms with Crippen molar-refractivity contribution in [3.63, 3.8) is 0 Å². The van der Waals surface area contributed by atoms with Crippen molar-refractivity contribution in [1.82, 2.24) is 35.1 Å². The molecule has 0 atom stereocenters. The normalized spacial score (nSPS) is 11.9. The quantitative estimate of drug-likeness (QED) is 0.0631. The van der Waals surface area contributed by atoms with E-state index in [1.807, 2.05) is 112 Å². The van der Waals surface area contributed by atoms with Gasteiger partial charge in [-0.2, -0.15) is 0 Å². The lowest BCUT2D eigenvalue weighted by atomic mass is 9.92. The maximum atomic E-state index is 13.4. The molecule has 56 heavy (non-hydrogen) atoms. The number of amides is 3. The molecule has 14 nitrogen and oxygen atoms in total. The van der Waals surface area contributed by atoms with Gasteiger partial charge >= 0.3 is 6.03 Å². The number of rotatable bonds is 12. The van der Waals surface area contributed by atoms with Gasteiger partial charge in [-0.15, -0.1) is 0 Å². The number of pyridine rings is 1. The number of hydrogen-bond acceptors (Lipinski definition) is 10. The van der Waals surface area contributed by atoms with Crippen LogP contribution in [-0.4, -0.2) is 48.8 Å². The number of aryl methyl sites for hydroxylation is 2. The maximum absolute atomic E-state index is 13.4. The number of nitrogens with two attached hydrogens (primary N) is 1. The van der Waals surface area contributed by atoms with E-state index >= 15 is 0 Å². The number of allylic oxidation sites excluding steroid dienone is 1. The minimum Gasteiger partial charge on any atom is -0.488 e. The molecular weight excluding hydrogens is 707 g/mol. The van der Waals surface area contributed by atoms with Crippen molar-refractivity contribution >= 4 is 51.6 Å². The molecule has 6 rings (SSSR count). The zero-order chi connectivity index (χ0) is 39.7. The molecule has 0 saturated carbocycles. The smallest absolute Gasteiger partial charge is 0.324 e. The van der Waals surface area contributed by atoms with E-state index in [0.29, 0.717) is 53.4 Å². The molecule has 0 bridgehead atoms. The summed E-state index contributed by atoms with van der Waals surface area (Å²) in [5, 5.41) is 13.4. The lowest BCUT2D eigenvalue weighted by Gasteiger charge is -2.19. The molecule has 3 amide bonds. The molecule has 0 fully saturated rings. The Labute approximate surface area is 325 Å². The number of fused-ring (bicyclic) bond motifs is 1. The average molecular weight is 752 g/mol. The number of benzene rings is 3. The summed E-state index contributed by atoms with van der Waals surface area (Å²) in [5.74, 6) is 2.49. The maximum Gasteiger partial charge on any atom is 0.324 e. The first-order valence-corrected chi connectivity index (χ1v) is 18.1. The largest absolute Gasteiger partial charge is 0.488 e. The molecule has 0 saturated heterocycles. The van der Waals surface area contributed by atoms with Crippen molar-refractivity contribution < 1.29 is 14.3 Å². The molecule has 0 unspecified atom stereocenters. The number of imidazole rings is 1. The van der Waals surface area contributed by atoms with Crippen LogP contribution in [0, 0.1) is 19.3 Å². The van der Waals surface area contributed by atoms with Gasteiger partial charge in [0.2, 0.25) is 0 Å². The second kappa shape index (κ2) is 17.4. The van der Waals surface area contributed by atoms with Gasteiger partial charge in [0.15, 0.2) is 0 Å². The molecule has 3 aromatic heterocycles. The summed E-state index contributed by atoms with van der Waals surface area (Å²) in [6.45, 7) is 11.2. The van der Waals surface area contributed by atoms with Crippen molar-refractivity contribution in [2.45, 2.75) is 47.8 Å². The Hall–Kier alpha value is -7.09. The first-order valence-electron chi connectivity index (χ1n) is 18.1. The monoisotopic (exact) mass is 751 g/mol. The fraction of sp³-hybridized carbons (Fsp3) is 0.214. The van der Waals surface area contributed by atoms with E-state index in [9.17, 15) is 9.59 Å². The van der Waals surface area contributed by atoms with Crippen LogP contribution in [0.4, 0.5) is 27.8 Å². The molecule has 286 valence electrons. The van der Waals surface area contributed by atoms with E-state index in [1.54, 1.807) is 24.5 Å². The van der Waals surface area contributed by atoms with Crippen LogP contribution in [0.2, 0.25) is 0 Å². The summed E-state index contributed by atoms with van der Waals surface area (Å²) in [6, 6.07) is 22.2. The Bertz CT molecular complexity index is 2380. The Morgan fingerprint density at radius 2 is 1.68 bits per heavy atom. The molecule has 3 heterocycles. The second-order valence-corrected chi connectivity index (χ2v) is 14.1. The van der Waals surface area contributed by atoms with Gasteiger partial charge in [0.05, 0.1) is 23.8 Å². The first-order chi connectivity index (χ1) is 26.9. The zero-order valence-corrected chi connectivity index (χ0v) is 32.0. The number of urea groups is 1. The van der Waals surface area contributed by atoms with Gasteiger partial charge in [0.1, 0.15) is 41.3 Å². The lowest BCUT2D eigenvalue weighted by molar-refractivity contribution is 0.0947. The number of carbonyl (C=O) groups excluding carboxylic acids is 2. The van der Waals surface area contributed by atoms with Gasteiger partial charge in [-0.1, -0.05) is 62.7 Å². The molecule has 0 spiro atoms. The number of ether oxygens (including phenoxy) is 1. The molecule has 0 aliphatic rings. The number of nitrogens with one attached hydrogen (secondary N) is 4. The highest BCUT2D eigenvalue weighted by atomic mass is 16.5. The molecule has 3 aromatic carbocycles. The first kappa shape index (κ1) is 38.6. The third-order valence-corrected chi connectivity index (χ3v) is 8.74. The third-order valence-electron chi connectivity index (χ3n) is 8.74. The van der Waals surface area contributed by atoms with Crippen LogP contribution in [0.1, 0.15) is 48.2 Å². The van der Waals surface area contributed by atoms with E-state index in [0.717, 1.165) is 27.7 Å². The minimum absolute atomic E-state index is 0.206. The van der Waals surface area contributed by atoms with E-state index in [-0.39, 0.29) is 23.6 Å². The number of hydrogen-bond donors (Lipinski definition) is 5. The van der Waals surface area contributed by atoms with E-state index in [1.165, 1.54) is 12.4 Å². The van der Waals surface area contributed by atoms with Crippen LogP contribution < -0.4 is 31.7 Å². The van der Waals surface area contributed by atoms with E-state index in [2.05, 4.69) is 46.2 Å². The summed E-state index contributed by atoms with van der Waals surface area (Å²) in [5.41, 5.74) is 10.1. The Morgan fingerprint density at radius 1 is 0.893 bits per heavy atom.